The number of fused-ring (bicyclic) bond motifs is 2. The molecule has 1 aliphatic rings. The van der Waals surface area contributed by atoms with E-state index < -0.39 is 10.0 Å². The van der Waals surface area contributed by atoms with Gasteiger partial charge in [-0.2, -0.15) is 5.10 Å². The maximum Gasteiger partial charge on any atom is 0.261 e. The molecule has 0 atom stereocenters. The predicted molar refractivity (Wildman–Crippen MR) is 118 cm³/mol. The summed E-state index contributed by atoms with van der Waals surface area (Å²) >= 11 is 0. The third-order valence-electron chi connectivity index (χ3n) is 4.65. The number of hydrogen-bond donors (Lipinski definition) is 4. The van der Waals surface area contributed by atoms with E-state index in [0.717, 1.165) is 34.0 Å². The van der Waals surface area contributed by atoms with Crippen molar-refractivity contribution in [3.8, 4) is 0 Å². The quantitative estimate of drug-likeness (QED) is 0.289. The molecule has 150 valence electrons. The van der Waals surface area contributed by atoms with Crippen LogP contribution in [0.3, 0.4) is 0 Å². The molecule has 29 heavy (non-hydrogen) atoms. The molecule has 4 rings (SSSR count). The molecule has 1 aliphatic carbocycles. The number of hydrazone groups is 1. The molecule has 5 N–H and O–H groups in total. The number of aryl methyl sites for hydroxylation is 1. The summed E-state index contributed by atoms with van der Waals surface area (Å²) in [7, 11) is -3.73. The van der Waals surface area contributed by atoms with Crippen LogP contribution in [0.2, 0.25) is 0 Å². The van der Waals surface area contributed by atoms with Gasteiger partial charge < -0.3 is 5.73 Å². The Kier molecular flexibility index (Phi) is 5.76. The van der Waals surface area contributed by atoms with Crippen LogP contribution >= 0.6 is 12.4 Å². The molecule has 0 saturated heterocycles. The third kappa shape index (κ3) is 4.33. The maximum atomic E-state index is 12.8. The van der Waals surface area contributed by atoms with Gasteiger partial charge in [0.2, 0.25) is 5.96 Å². The van der Waals surface area contributed by atoms with E-state index in [1.54, 1.807) is 30.3 Å². The van der Waals surface area contributed by atoms with Gasteiger partial charge in [-0.15, -0.1) is 12.4 Å². The van der Waals surface area contributed by atoms with Crippen molar-refractivity contribution in [1.82, 2.24) is 5.43 Å². The average Bonchev–Trinajstić information content (AvgIpc) is 3.08. The normalized spacial score (nSPS) is 14.3. The van der Waals surface area contributed by atoms with Crippen LogP contribution in [0, 0.1) is 5.41 Å². The molecule has 0 unspecified atom stereocenters. The summed E-state index contributed by atoms with van der Waals surface area (Å²) < 4.78 is 28.3. The zero-order valence-corrected chi connectivity index (χ0v) is 17.0. The minimum Gasteiger partial charge on any atom is -0.369 e. The van der Waals surface area contributed by atoms with E-state index in [1.807, 2.05) is 30.3 Å². The number of halogens is 1. The van der Waals surface area contributed by atoms with Crippen LogP contribution in [0.4, 0.5) is 5.69 Å². The van der Waals surface area contributed by atoms with Crippen LogP contribution in [0.15, 0.2) is 70.7 Å². The number of guanidine groups is 1. The summed E-state index contributed by atoms with van der Waals surface area (Å²) in [4.78, 5) is 0.207. The molecule has 0 heterocycles. The molecule has 0 amide bonds. The fourth-order valence-corrected chi connectivity index (χ4v) is 4.39. The summed E-state index contributed by atoms with van der Waals surface area (Å²) in [5.41, 5.74) is 10.9. The largest absolute Gasteiger partial charge is 0.369 e. The lowest BCUT2D eigenvalue weighted by atomic mass is 10.1. The molecule has 0 fully saturated rings. The van der Waals surface area contributed by atoms with Crippen LogP contribution in [-0.4, -0.2) is 20.1 Å². The van der Waals surface area contributed by atoms with E-state index in [9.17, 15) is 8.42 Å². The van der Waals surface area contributed by atoms with Crippen molar-refractivity contribution in [2.24, 2.45) is 10.8 Å². The number of rotatable bonds is 4. The first kappa shape index (κ1) is 20.6. The van der Waals surface area contributed by atoms with Crippen molar-refractivity contribution in [3.63, 3.8) is 0 Å². The van der Waals surface area contributed by atoms with Gasteiger partial charge in [0.05, 0.1) is 10.6 Å². The standard InChI is InChI=1S/C20H19N5O2S.ClH/c21-20(22)24-23-19-10-7-14-5-8-16(12-18(14)19)25-28(26,27)17-9-6-13-3-1-2-4-15(13)11-17;/h1-6,8-9,11-12,25H,7,10H2,(H4,21,22,24);1H/b23-19+;. The summed E-state index contributed by atoms with van der Waals surface area (Å²) in [6, 6.07) is 18.1. The fraction of sp³-hybridized carbons (Fsp3) is 0.100. The Balaban J connectivity index is 0.00000240. The van der Waals surface area contributed by atoms with Gasteiger partial charge in [0.25, 0.3) is 10.0 Å². The number of benzene rings is 3. The van der Waals surface area contributed by atoms with E-state index in [-0.39, 0.29) is 23.3 Å². The van der Waals surface area contributed by atoms with E-state index >= 15 is 0 Å². The Morgan fingerprint density at radius 2 is 1.76 bits per heavy atom. The fourth-order valence-electron chi connectivity index (χ4n) is 3.31. The Morgan fingerprint density at radius 3 is 2.52 bits per heavy atom. The zero-order chi connectivity index (χ0) is 19.7. The molecular formula is C20H20ClN5O2S. The van der Waals surface area contributed by atoms with Crippen molar-refractivity contribution in [1.29, 1.82) is 5.41 Å². The summed E-state index contributed by atoms with van der Waals surface area (Å²) in [5.74, 6) is -0.242. The molecular weight excluding hydrogens is 410 g/mol. The highest BCUT2D eigenvalue weighted by Crippen LogP contribution is 2.27. The second-order valence-electron chi connectivity index (χ2n) is 6.57. The Hall–Kier alpha value is -3.10. The average molecular weight is 430 g/mol. The lowest BCUT2D eigenvalue weighted by Gasteiger charge is -2.11. The van der Waals surface area contributed by atoms with Gasteiger partial charge in [0, 0.05) is 11.3 Å². The van der Waals surface area contributed by atoms with Gasteiger partial charge >= 0.3 is 0 Å². The molecule has 0 aliphatic heterocycles. The predicted octanol–water partition coefficient (Wildman–Crippen LogP) is 3.20. The lowest BCUT2D eigenvalue weighted by Crippen LogP contribution is -2.26. The van der Waals surface area contributed by atoms with E-state index in [2.05, 4.69) is 15.2 Å². The second-order valence-corrected chi connectivity index (χ2v) is 8.25. The van der Waals surface area contributed by atoms with Crippen LogP contribution in [0.1, 0.15) is 17.5 Å². The van der Waals surface area contributed by atoms with Crippen LogP contribution < -0.4 is 15.9 Å². The van der Waals surface area contributed by atoms with E-state index in [0.29, 0.717) is 12.1 Å². The second kappa shape index (κ2) is 8.10. The van der Waals surface area contributed by atoms with Gasteiger partial charge in [-0.05, 0) is 53.4 Å². The first-order valence-corrected chi connectivity index (χ1v) is 10.2. The number of nitrogens with zero attached hydrogens (tertiary/aromatic N) is 1. The van der Waals surface area contributed by atoms with Gasteiger partial charge in [-0.3, -0.25) is 10.1 Å². The molecule has 7 nitrogen and oxygen atoms in total. The number of nitrogens with one attached hydrogen (secondary N) is 3. The minimum atomic E-state index is -3.73. The van der Waals surface area contributed by atoms with Gasteiger partial charge in [-0.25, -0.2) is 13.8 Å². The van der Waals surface area contributed by atoms with E-state index in [1.165, 1.54) is 0 Å². The van der Waals surface area contributed by atoms with Gasteiger partial charge in [-0.1, -0.05) is 36.4 Å². The van der Waals surface area contributed by atoms with Crippen molar-refractivity contribution >= 4 is 50.6 Å². The molecule has 3 aromatic carbocycles. The first-order valence-electron chi connectivity index (χ1n) is 8.74. The monoisotopic (exact) mass is 429 g/mol. The topological polar surface area (TPSA) is 120 Å². The van der Waals surface area contributed by atoms with Gasteiger partial charge in [0.1, 0.15) is 0 Å². The SMILES string of the molecule is Cl.N=C(N)N/N=C1\CCc2ccc(NS(=O)(=O)c3ccc4ccccc4c3)cc21. The first-order chi connectivity index (χ1) is 13.4. The number of anilines is 1. The van der Waals surface area contributed by atoms with Crippen LogP contribution in [0.25, 0.3) is 10.8 Å². The molecule has 0 bridgehead atoms. The van der Waals surface area contributed by atoms with Crippen molar-refractivity contribution in [3.05, 3.63) is 71.8 Å². The van der Waals surface area contributed by atoms with Crippen molar-refractivity contribution in [2.75, 3.05) is 4.72 Å². The highest BCUT2D eigenvalue weighted by Gasteiger charge is 2.20. The number of nitrogens with two attached hydrogens (primary N) is 1. The summed E-state index contributed by atoms with van der Waals surface area (Å²) in [6.07, 6.45) is 1.52. The molecule has 0 radical (unpaired) electrons. The molecule has 3 aromatic rings. The number of hydrogen-bond acceptors (Lipinski definition) is 4. The molecule has 9 heteroatoms. The van der Waals surface area contributed by atoms with Crippen LogP contribution in [-0.2, 0) is 16.4 Å². The zero-order valence-electron chi connectivity index (χ0n) is 15.3. The Bertz CT molecular complexity index is 1220. The highest BCUT2D eigenvalue weighted by molar-refractivity contribution is 7.92. The van der Waals surface area contributed by atoms with Crippen molar-refractivity contribution < 1.29 is 8.42 Å². The Morgan fingerprint density at radius 1 is 1.00 bits per heavy atom. The van der Waals surface area contributed by atoms with Crippen LogP contribution in [0.5, 0.6) is 0 Å². The highest BCUT2D eigenvalue weighted by atomic mass is 35.5. The smallest absolute Gasteiger partial charge is 0.261 e. The Labute approximate surface area is 175 Å². The summed E-state index contributed by atoms with van der Waals surface area (Å²) in [6.45, 7) is 0. The maximum absolute atomic E-state index is 12.8. The van der Waals surface area contributed by atoms with Gasteiger partial charge in [0.15, 0.2) is 0 Å². The summed E-state index contributed by atoms with van der Waals surface area (Å²) in [5, 5.41) is 13.2. The molecule has 0 saturated carbocycles. The van der Waals surface area contributed by atoms with E-state index in [4.69, 9.17) is 11.1 Å². The third-order valence-corrected chi connectivity index (χ3v) is 6.03. The van der Waals surface area contributed by atoms with Crippen molar-refractivity contribution in [2.45, 2.75) is 17.7 Å². The minimum absolute atomic E-state index is 0. The molecule has 0 spiro atoms. The molecule has 0 aromatic heterocycles. The number of sulfonamides is 1. The lowest BCUT2D eigenvalue weighted by molar-refractivity contribution is 0.601.